The van der Waals surface area contributed by atoms with E-state index in [4.69, 9.17) is 4.98 Å². The first kappa shape index (κ1) is 14.5. The van der Waals surface area contributed by atoms with Crippen LogP contribution >= 0.6 is 15.9 Å². The monoisotopic (exact) mass is 345 g/mol. The summed E-state index contributed by atoms with van der Waals surface area (Å²) in [6.07, 6.45) is 0. The summed E-state index contributed by atoms with van der Waals surface area (Å²) in [5.41, 5.74) is 2.39. The van der Waals surface area contributed by atoms with E-state index in [0.29, 0.717) is 6.04 Å². The Labute approximate surface area is 134 Å². The van der Waals surface area contributed by atoms with E-state index in [1.54, 1.807) is 0 Å². The van der Waals surface area contributed by atoms with E-state index < -0.39 is 0 Å². The van der Waals surface area contributed by atoms with E-state index >= 15 is 0 Å². The molecule has 1 unspecified atom stereocenters. The van der Waals surface area contributed by atoms with Gasteiger partial charge in [0.1, 0.15) is 5.82 Å². The smallest absolute Gasteiger partial charge is 0.129 e. The molecule has 2 heterocycles. The molecule has 1 aromatic carbocycles. The summed E-state index contributed by atoms with van der Waals surface area (Å²) in [5, 5.41) is 0. The Morgan fingerprint density at radius 1 is 1.10 bits per heavy atom. The fourth-order valence-electron chi connectivity index (χ4n) is 2.84. The predicted octanol–water partition coefficient (Wildman–Crippen LogP) is 3.65. The van der Waals surface area contributed by atoms with Gasteiger partial charge < -0.3 is 9.80 Å². The lowest BCUT2D eigenvalue weighted by molar-refractivity contribution is 0.268. The minimum Gasteiger partial charge on any atom is -0.347 e. The number of rotatable bonds is 2. The zero-order chi connectivity index (χ0) is 14.8. The molecular formula is C17H20BrN3. The summed E-state index contributed by atoms with van der Waals surface area (Å²) in [5.74, 6) is 1.07. The molecule has 0 N–H and O–H groups in total. The van der Waals surface area contributed by atoms with Crippen molar-refractivity contribution in [1.29, 1.82) is 0 Å². The number of piperazine rings is 1. The maximum atomic E-state index is 4.76. The molecule has 4 heteroatoms. The van der Waals surface area contributed by atoms with Gasteiger partial charge in [-0.05, 0) is 47.6 Å². The van der Waals surface area contributed by atoms with Crippen LogP contribution < -0.4 is 4.90 Å². The topological polar surface area (TPSA) is 19.4 Å². The van der Waals surface area contributed by atoms with Gasteiger partial charge in [-0.15, -0.1) is 0 Å². The van der Waals surface area contributed by atoms with Gasteiger partial charge in [0, 0.05) is 24.1 Å². The van der Waals surface area contributed by atoms with E-state index in [1.807, 2.05) is 6.92 Å². The van der Waals surface area contributed by atoms with Crippen LogP contribution in [0.15, 0.2) is 46.9 Å². The fourth-order valence-corrected chi connectivity index (χ4v) is 3.07. The molecule has 1 aliphatic heterocycles. The van der Waals surface area contributed by atoms with Gasteiger partial charge in [-0.3, -0.25) is 0 Å². The predicted molar refractivity (Wildman–Crippen MR) is 90.7 cm³/mol. The number of halogens is 1. The first-order valence-corrected chi connectivity index (χ1v) is 8.08. The first-order chi connectivity index (χ1) is 10.1. The first-order valence-electron chi connectivity index (χ1n) is 7.28. The van der Waals surface area contributed by atoms with Crippen LogP contribution in [0.25, 0.3) is 0 Å². The molecule has 0 radical (unpaired) electrons. The average molecular weight is 346 g/mol. The van der Waals surface area contributed by atoms with Crippen LogP contribution in [0.5, 0.6) is 0 Å². The third-order valence-corrected chi connectivity index (χ3v) is 4.91. The Bertz CT molecular complexity index is 615. The van der Waals surface area contributed by atoms with Gasteiger partial charge in [-0.2, -0.15) is 0 Å². The van der Waals surface area contributed by atoms with Crippen molar-refractivity contribution in [2.45, 2.75) is 13.0 Å². The molecule has 0 bridgehead atoms. The Morgan fingerprint density at radius 3 is 2.57 bits per heavy atom. The third kappa shape index (κ3) is 3.11. The van der Waals surface area contributed by atoms with Gasteiger partial charge in [0.05, 0.1) is 11.7 Å². The minimum absolute atomic E-state index is 0.359. The highest BCUT2D eigenvalue weighted by Gasteiger charge is 2.27. The molecular weight excluding hydrogens is 326 g/mol. The molecule has 1 atom stereocenters. The van der Waals surface area contributed by atoms with Gasteiger partial charge >= 0.3 is 0 Å². The number of likely N-dealkylation sites (N-methyl/N-ethyl adjacent to an activating group) is 1. The molecule has 1 aromatic heterocycles. The lowest BCUT2D eigenvalue weighted by Crippen LogP contribution is -2.47. The van der Waals surface area contributed by atoms with Crippen molar-refractivity contribution in [3.63, 3.8) is 0 Å². The highest BCUT2D eigenvalue weighted by molar-refractivity contribution is 9.10. The Morgan fingerprint density at radius 2 is 1.86 bits per heavy atom. The second-order valence-electron chi connectivity index (χ2n) is 5.62. The van der Waals surface area contributed by atoms with E-state index in [9.17, 15) is 0 Å². The average Bonchev–Trinajstić information content (AvgIpc) is 2.51. The summed E-state index contributed by atoms with van der Waals surface area (Å²) < 4.78 is 1.07. The van der Waals surface area contributed by atoms with Crippen LogP contribution in [0.1, 0.15) is 17.3 Å². The van der Waals surface area contributed by atoms with Crippen molar-refractivity contribution in [1.82, 2.24) is 9.88 Å². The third-order valence-electron chi connectivity index (χ3n) is 4.07. The number of hydrogen-bond acceptors (Lipinski definition) is 3. The maximum absolute atomic E-state index is 4.76. The van der Waals surface area contributed by atoms with Gasteiger partial charge in [0.2, 0.25) is 0 Å². The van der Waals surface area contributed by atoms with E-state index in [1.165, 1.54) is 5.56 Å². The number of anilines is 1. The molecule has 3 rings (SSSR count). The highest BCUT2D eigenvalue weighted by atomic mass is 79.9. The molecule has 110 valence electrons. The van der Waals surface area contributed by atoms with Crippen molar-refractivity contribution >= 4 is 21.7 Å². The van der Waals surface area contributed by atoms with E-state index in [0.717, 1.165) is 35.6 Å². The van der Waals surface area contributed by atoms with Crippen LogP contribution in [0.2, 0.25) is 0 Å². The number of aryl methyl sites for hydroxylation is 1. The molecule has 3 nitrogen and oxygen atoms in total. The minimum atomic E-state index is 0.359. The lowest BCUT2D eigenvalue weighted by Gasteiger charge is -2.41. The number of nitrogens with zero attached hydrogens (tertiary/aromatic N) is 3. The van der Waals surface area contributed by atoms with Crippen molar-refractivity contribution in [2.75, 3.05) is 31.6 Å². The lowest BCUT2D eigenvalue weighted by atomic mass is 10.0. The van der Waals surface area contributed by atoms with E-state index in [-0.39, 0.29) is 0 Å². The van der Waals surface area contributed by atoms with Crippen LogP contribution in [0, 0.1) is 6.92 Å². The van der Waals surface area contributed by atoms with Crippen molar-refractivity contribution < 1.29 is 0 Å². The molecule has 0 saturated carbocycles. The van der Waals surface area contributed by atoms with Crippen molar-refractivity contribution in [2.24, 2.45) is 0 Å². The molecule has 21 heavy (non-hydrogen) atoms. The number of pyridine rings is 1. The van der Waals surface area contributed by atoms with Gasteiger partial charge in [-0.1, -0.05) is 30.3 Å². The summed E-state index contributed by atoms with van der Waals surface area (Å²) >= 11 is 3.53. The summed E-state index contributed by atoms with van der Waals surface area (Å²) in [4.78, 5) is 9.57. The summed E-state index contributed by atoms with van der Waals surface area (Å²) in [6, 6.07) is 15.3. The molecule has 0 spiro atoms. The van der Waals surface area contributed by atoms with Crippen molar-refractivity contribution in [3.05, 3.63) is 58.2 Å². The van der Waals surface area contributed by atoms with Crippen LogP contribution in [-0.2, 0) is 0 Å². The Hall–Kier alpha value is -1.39. The van der Waals surface area contributed by atoms with Gasteiger partial charge in [0.15, 0.2) is 0 Å². The standard InChI is InChI=1S/C17H20BrN3/c1-13-15(18)8-9-17(19-13)21-11-10-20(2)12-16(21)14-6-4-3-5-7-14/h3-9,16H,10-12H2,1-2H3. The summed E-state index contributed by atoms with van der Waals surface area (Å²) in [6.45, 7) is 5.15. The van der Waals surface area contributed by atoms with Gasteiger partial charge in [-0.25, -0.2) is 4.98 Å². The second kappa shape index (κ2) is 6.16. The molecule has 1 fully saturated rings. The molecule has 2 aromatic rings. The normalized spacial score (nSPS) is 19.8. The Kier molecular flexibility index (Phi) is 4.27. The highest BCUT2D eigenvalue weighted by Crippen LogP contribution is 2.30. The molecule has 0 amide bonds. The SMILES string of the molecule is Cc1nc(N2CCN(C)CC2c2ccccc2)ccc1Br. The van der Waals surface area contributed by atoms with Gasteiger partial charge in [0.25, 0.3) is 0 Å². The summed E-state index contributed by atoms with van der Waals surface area (Å²) in [7, 11) is 2.19. The van der Waals surface area contributed by atoms with Crippen LogP contribution in [0.4, 0.5) is 5.82 Å². The number of hydrogen-bond donors (Lipinski definition) is 0. The van der Waals surface area contributed by atoms with Crippen LogP contribution in [-0.4, -0.2) is 36.6 Å². The second-order valence-corrected chi connectivity index (χ2v) is 6.47. The number of aromatic nitrogens is 1. The van der Waals surface area contributed by atoms with Crippen LogP contribution in [0.3, 0.4) is 0 Å². The Balaban J connectivity index is 1.96. The van der Waals surface area contributed by atoms with Crippen molar-refractivity contribution in [3.8, 4) is 0 Å². The molecule has 0 aliphatic carbocycles. The maximum Gasteiger partial charge on any atom is 0.129 e. The molecule has 1 saturated heterocycles. The molecule has 1 aliphatic rings. The number of benzene rings is 1. The zero-order valence-corrected chi connectivity index (χ0v) is 14.0. The quantitative estimate of drug-likeness (QED) is 0.828. The van der Waals surface area contributed by atoms with E-state index in [2.05, 4.69) is 75.2 Å². The zero-order valence-electron chi connectivity index (χ0n) is 12.5. The largest absolute Gasteiger partial charge is 0.347 e. The fraction of sp³-hybridized carbons (Fsp3) is 0.353.